The molecule has 0 amide bonds. The van der Waals surface area contributed by atoms with Gasteiger partial charge in [-0.25, -0.2) is 4.99 Å². The third-order valence-electron chi connectivity index (χ3n) is 3.67. The Morgan fingerprint density at radius 1 is 1.04 bits per heavy atom. The number of nitrogens with one attached hydrogen (secondary N) is 2. The van der Waals surface area contributed by atoms with Crippen LogP contribution in [-0.2, 0) is 0 Å². The molecule has 2 aromatic carbocycles. The summed E-state index contributed by atoms with van der Waals surface area (Å²) in [5.41, 5.74) is 9.61. The highest BCUT2D eigenvalue weighted by Gasteiger charge is 2.14. The number of anilines is 1. The van der Waals surface area contributed by atoms with Crippen LogP contribution in [0.4, 0.5) is 11.4 Å². The molecule has 6 heteroatoms. The molecule has 132 valence electrons. The van der Waals surface area contributed by atoms with E-state index in [0.717, 1.165) is 5.69 Å². The second-order valence-electron chi connectivity index (χ2n) is 5.63. The lowest BCUT2D eigenvalue weighted by molar-refractivity contribution is 0.201. The first-order valence-corrected chi connectivity index (χ1v) is 8.18. The van der Waals surface area contributed by atoms with E-state index in [0.29, 0.717) is 28.5 Å². The molecule has 0 spiro atoms. The predicted molar refractivity (Wildman–Crippen MR) is 104 cm³/mol. The van der Waals surface area contributed by atoms with Crippen molar-refractivity contribution >= 4 is 22.8 Å². The van der Waals surface area contributed by atoms with Crippen LogP contribution < -0.4 is 15.8 Å². The lowest BCUT2D eigenvalue weighted by Gasteiger charge is -2.16. The maximum atomic E-state index is 8.78. The summed E-state index contributed by atoms with van der Waals surface area (Å²) in [6, 6.07) is 16.8. The van der Waals surface area contributed by atoms with E-state index in [4.69, 9.17) is 21.0 Å². The third kappa shape index (κ3) is 4.37. The number of nitrogens with zero attached hydrogens (tertiary/aromatic N) is 1. The Morgan fingerprint density at radius 3 is 2.46 bits per heavy atom. The van der Waals surface area contributed by atoms with E-state index in [1.54, 1.807) is 36.4 Å². The molecule has 0 unspecified atom stereocenters. The standard InChI is InChI=1S/C20H20N4O2/c21-17-12-18(22)20(13-19(17)23-14-4-2-1-3-5-14)24-15-6-8-16(9-7-15)26-11-10-25/h1-9,12-13,22-23,25H,10-11,21H2. The lowest BCUT2D eigenvalue weighted by atomic mass is 10.0. The van der Waals surface area contributed by atoms with Gasteiger partial charge in [0.2, 0.25) is 0 Å². The largest absolute Gasteiger partial charge is 0.491 e. The molecule has 0 aromatic heterocycles. The lowest BCUT2D eigenvalue weighted by Crippen LogP contribution is -2.21. The molecule has 1 aliphatic carbocycles. The minimum absolute atomic E-state index is 0.0308. The van der Waals surface area contributed by atoms with Crippen molar-refractivity contribution in [2.45, 2.75) is 0 Å². The van der Waals surface area contributed by atoms with Crippen molar-refractivity contribution in [3.05, 3.63) is 78.1 Å². The van der Waals surface area contributed by atoms with E-state index in [1.165, 1.54) is 0 Å². The van der Waals surface area contributed by atoms with Crippen LogP contribution >= 0.6 is 0 Å². The summed E-state index contributed by atoms with van der Waals surface area (Å²) >= 11 is 0. The van der Waals surface area contributed by atoms with Crippen molar-refractivity contribution < 1.29 is 9.84 Å². The fourth-order valence-corrected chi connectivity index (χ4v) is 2.40. The van der Waals surface area contributed by atoms with Gasteiger partial charge in [-0.2, -0.15) is 0 Å². The van der Waals surface area contributed by atoms with Crippen LogP contribution in [0.5, 0.6) is 5.75 Å². The van der Waals surface area contributed by atoms with Crippen molar-refractivity contribution in [1.82, 2.24) is 0 Å². The Bertz CT molecular complexity index is 868. The Kier molecular flexibility index (Phi) is 5.46. The van der Waals surface area contributed by atoms with Gasteiger partial charge in [0.15, 0.2) is 0 Å². The van der Waals surface area contributed by atoms with Crippen LogP contribution in [0, 0.1) is 5.41 Å². The van der Waals surface area contributed by atoms with E-state index in [1.807, 2.05) is 30.3 Å². The highest BCUT2D eigenvalue weighted by atomic mass is 16.5. The molecule has 6 nitrogen and oxygen atoms in total. The molecule has 5 N–H and O–H groups in total. The Morgan fingerprint density at radius 2 is 1.77 bits per heavy atom. The highest BCUT2D eigenvalue weighted by Crippen LogP contribution is 2.21. The van der Waals surface area contributed by atoms with E-state index in [-0.39, 0.29) is 18.9 Å². The van der Waals surface area contributed by atoms with Gasteiger partial charge < -0.3 is 20.9 Å². The molecule has 0 atom stereocenters. The average Bonchev–Trinajstić information content (AvgIpc) is 2.66. The van der Waals surface area contributed by atoms with Crippen molar-refractivity contribution in [2.24, 2.45) is 10.7 Å². The van der Waals surface area contributed by atoms with E-state index < -0.39 is 0 Å². The first-order valence-electron chi connectivity index (χ1n) is 8.18. The van der Waals surface area contributed by atoms with Crippen LogP contribution in [0.15, 0.2) is 83.1 Å². The number of nitrogens with two attached hydrogens (primary N) is 1. The highest BCUT2D eigenvalue weighted by molar-refractivity contribution is 6.50. The molecule has 1 aliphatic rings. The molecule has 0 bridgehead atoms. The molecule has 0 radical (unpaired) electrons. The Labute approximate surface area is 151 Å². The minimum atomic E-state index is -0.0308. The number of hydrogen-bond donors (Lipinski definition) is 4. The molecule has 26 heavy (non-hydrogen) atoms. The molecule has 0 aliphatic heterocycles. The van der Waals surface area contributed by atoms with Gasteiger partial charge in [0.25, 0.3) is 0 Å². The summed E-state index contributed by atoms with van der Waals surface area (Å²) in [4.78, 5) is 4.52. The predicted octanol–water partition coefficient (Wildman–Crippen LogP) is 3.00. The molecular weight excluding hydrogens is 328 g/mol. The number of hydrogen-bond acceptors (Lipinski definition) is 6. The SMILES string of the molecule is N=C1C=C(N)C(Nc2ccccc2)=CC1=Nc1ccc(OCCO)cc1. The Hall–Kier alpha value is -3.38. The molecular formula is C20H20N4O2. The van der Waals surface area contributed by atoms with Gasteiger partial charge in [-0.1, -0.05) is 18.2 Å². The summed E-state index contributed by atoms with van der Waals surface area (Å²) < 4.78 is 5.33. The number of aliphatic hydroxyl groups excluding tert-OH is 1. The second-order valence-corrected chi connectivity index (χ2v) is 5.63. The van der Waals surface area contributed by atoms with Gasteiger partial charge in [-0.05, 0) is 48.6 Å². The molecule has 0 saturated carbocycles. The average molecular weight is 348 g/mol. The quantitative estimate of drug-likeness (QED) is 0.602. The van der Waals surface area contributed by atoms with Crippen LogP contribution in [0.3, 0.4) is 0 Å². The summed E-state index contributed by atoms with van der Waals surface area (Å²) in [6.45, 7) is 0.219. The molecule has 3 rings (SSSR count). The number of ether oxygens (including phenoxy) is 1. The van der Waals surface area contributed by atoms with Crippen LogP contribution in [0.2, 0.25) is 0 Å². The normalized spacial score (nSPS) is 15.4. The summed E-state index contributed by atoms with van der Waals surface area (Å²) in [5.74, 6) is 0.660. The molecule has 2 aromatic rings. The number of benzene rings is 2. The molecule has 0 fully saturated rings. The fraction of sp³-hybridized carbons (Fsp3) is 0.100. The van der Waals surface area contributed by atoms with Crippen molar-refractivity contribution in [3.63, 3.8) is 0 Å². The van der Waals surface area contributed by atoms with Crippen LogP contribution in [-0.4, -0.2) is 29.7 Å². The van der Waals surface area contributed by atoms with E-state index in [2.05, 4.69) is 10.3 Å². The second kappa shape index (κ2) is 8.13. The fourth-order valence-electron chi connectivity index (χ4n) is 2.40. The van der Waals surface area contributed by atoms with Gasteiger partial charge in [0.1, 0.15) is 12.4 Å². The zero-order valence-electron chi connectivity index (χ0n) is 14.1. The number of aliphatic imine (C=N–C) groups is 1. The number of para-hydroxylation sites is 1. The van der Waals surface area contributed by atoms with Crippen LogP contribution in [0.1, 0.15) is 0 Å². The minimum Gasteiger partial charge on any atom is -0.491 e. The smallest absolute Gasteiger partial charge is 0.119 e. The van der Waals surface area contributed by atoms with Crippen LogP contribution in [0.25, 0.3) is 0 Å². The molecule has 0 saturated heterocycles. The number of aliphatic hydroxyl groups is 1. The Balaban J connectivity index is 1.81. The number of allylic oxidation sites excluding steroid dienone is 2. The van der Waals surface area contributed by atoms with Gasteiger partial charge in [0, 0.05) is 5.69 Å². The first kappa shape index (κ1) is 17.4. The van der Waals surface area contributed by atoms with Gasteiger partial charge in [0.05, 0.1) is 35.1 Å². The van der Waals surface area contributed by atoms with Crippen molar-refractivity contribution in [1.29, 1.82) is 5.41 Å². The number of rotatable bonds is 6. The van der Waals surface area contributed by atoms with Crippen molar-refractivity contribution in [2.75, 3.05) is 18.5 Å². The van der Waals surface area contributed by atoms with Gasteiger partial charge in [-0.15, -0.1) is 0 Å². The first-order chi connectivity index (χ1) is 12.7. The van der Waals surface area contributed by atoms with Crippen molar-refractivity contribution in [3.8, 4) is 5.75 Å². The maximum Gasteiger partial charge on any atom is 0.119 e. The van der Waals surface area contributed by atoms with E-state index >= 15 is 0 Å². The third-order valence-corrected chi connectivity index (χ3v) is 3.67. The van der Waals surface area contributed by atoms with Gasteiger partial charge in [-0.3, -0.25) is 5.41 Å². The zero-order chi connectivity index (χ0) is 18.4. The summed E-state index contributed by atoms with van der Waals surface area (Å²) in [6.07, 6.45) is 3.35. The maximum absolute atomic E-state index is 8.78. The topological polar surface area (TPSA) is 104 Å². The summed E-state index contributed by atoms with van der Waals surface area (Å²) in [5, 5.41) is 20.1. The monoisotopic (exact) mass is 348 g/mol. The molecule has 0 heterocycles. The zero-order valence-corrected chi connectivity index (χ0v) is 14.1. The summed E-state index contributed by atoms with van der Waals surface area (Å²) in [7, 11) is 0. The van der Waals surface area contributed by atoms with Gasteiger partial charge >= 0.3 is 0 Å². The van der Waals surface area contributed by atoms with E-state index in [9.17, 15) is 0 Å².